The molecule has 0 amide bonds. The first-order valence-corrected chi connectivity index (χ1v) is 5.40. The molecule has 0 aromatic carbocycles. The van der Waals surface area contributed by atoms with Crippen LogP contribution in [0.5, 0.6) is 0 Å². The van der Waals surface area contributed by atoms with Crippen LogP contribution >= 0.6 is 0 Å². The van der Waals surface area contributed by atoms with Crippen LogP contribution in [0.2, 0.25) is 0 Å². The van der Waals surface area contributed by atoms with E-state index in [0.29, 0.717) is 0 Å². The van der Waals surface area contributed by atoms with E-state index in [1.54, 1.807) is 12.2 Å². The first kappa shape index (κ1) is 16.1. The second kappa shape index (κ2) is 10.3. The molecule has 5 heteroatoms. The zero-order valence-corrected chi connectivity index (χ0v) is 10.8. The lowest BCUT2D eigenvalue weighted by molar-refractivity contribution is -0.148. The lowest BCUT2D eigenvalue weighted by Crippen LogP contribution is -2.10. The third-order valence-corrected chi connectivity index (χ3v) is 1.73. The molecule has 0 saturated heterocycles. The van der Waals surface area contributed by atoms with Crippen LogP contribution in [-0.4, -0.2) is 32.4 Å². The fourth-order valence-electron chi connectivity index (χ4n) is 0.877. The lowest BCUT2D eigenvalue weighted by atomic mass is 10.3. The van der Waals surface area contributed by atoms with Crippen LogP contribution in [0.25, 0.3) is 0 Å². The van der Waals surface area contributed by atoms with E-state index >= 15 is 0 Å². The molecule has 0 aliphatic rings. The maximum absolute atomic E-state index is 11.4. The predicted molar refractivity (Wildman–Crippen MR) is 66.6 cm³/mol. The second-order valence-corrected chi connectivity index (χ2v) is 3.25. The largest absolute Gasteiger partial charge is 0.458 e. The summed E-state index contributed by atoms with van der Waals surface area (Å²) in [5, 5.41) is 0. The van der Waals surface area contributed by atoms with Gasteiger partial charge in [0.1, 0.15) is 6.61 Å². The third kappa shape index (κ3) is 8.29. The summed E-state index contributed by atoms with van der Waals surface area (Å²) in [6, 6.07) is 0. The van der Waals surface area contributed by atoms with Gasteiger partial charge in [-0.25, -0.2) is 9.59 Å². The van der Waals surface area contributed by atoms with Crippen molar-refractivity contribution >= 4 is 11.9 Å². The van der Waals surface area contributed by atoms with E-state index in [9.17, 15) is 9.59 Å². The Balaban J connectivity index is 4.08. The number of allylic oxidation sites excluding steroid dienone is 3. The third-order valence-electron chi connectivity index (χ3n) is 1.73. The molecule has 0 aromatic rings. The summed E-state index contributed by atoms with van der Waals surface area (Å²) >= 11 is 0. The van der Waals surface area contributed by atoms with Crippen molar-refractivity contribution in [2.45, 2.75) is 13.8 Å². The van der Waals surface area contributed by atoms with Gasteiger partial charge in [0, 0.05) is 18.8 Å². The standard InChI is InChI=1S/C13H18O5/c1-4-5-6-7-8-17-13(15)11(2)9-12(14)18-10-16-3/h4-7,9H,8,10H2,1-3H3/b5-4+,7-6+,11-9-. The van der Waals surface area contributed by atoms with Crippen LogP contribution in [-0.2, 0) is 23.8 Å². The quantitative estimate of drug-likeness (QED) is 0.300. The van der Waals surface area contributed by atoms with Crippen molar-refractivity contribution in [2.75, 3.05) is 20.5 Å². The second-order valence-electron chi connectivity index (χ2n) is 3.25. The lowest BCUT2D eigenvalue weighted by Gasteiger charge is -2.02. The molecule has 0 radical (unpaired) electrons. The van der Waals surface area contributed by atoms with E-state index in [1.165, 1.54) is 14.0 Å². The van der Waals surface area contributed by atoms with E-state index in [2.05, 4.69) is 9.47 Å². The van der Waals surface area contributed by atoms with Gasteiger partial charge >= 0.3 is 11.9 Å². The molecule has 0 aromatic heterocycles. The number of carbonyl (C=O) groups excluding carboxylic acids is 2. The topological polar surface area (TPSA) is 61.8 Å². The maximum Gasteiger partial charge on any atom is 0.334 e. The maximum atomic E-state index is 11.4. The zero-order chi connectivity index (χ0) is 13.8. The van der Waals surface area contributed by atoms with Gasteiger partial charge in [-0.1, -0.05) is 18.2 Å². The Hall–Kier alpha value is -1.88. The number of esters is 2. The predicted octanol–water partition coefficient (Wildman–Crippen LogP) is 1.76. The summed E-state index contributed by atoms with van der Waals surface area (Å²) in [5.41, 5.74) is 0.176. The van der Waals surface area contributed by atoms with Crippen LogP contribution in [0.3, 0.4) is 0 Å². The molecule has 0 atom stereocenters. The first-order chi connectivity index (χ1) is 8.61. The van der Waals surface area contributed by atoms with E-state index in [-0.39, 0.29) is 19.0 Å². The highest BCUT2D eigenvalue weighted by Crippen LogP contribution is 1.98. The summed E-state index contributed by atoms with van der Waals surface area (Å²) in [4.78, 5) is 22.5. The fraction of sp³-hybridized carbons (Fsp3) is 0.385. The van der Waals surface area contributed by atoms with Crippen molar-refractivity contribution < 1.29 is 23.8 Å². The van der Waals surface area contributed by atoms with Crippen molar-refractivity contribution in [3.8, 4) is 0 Å². The van der Waals surface area contributed by atoms with Gasteiger partial charge < -0.3 is 14.2 Å². The normalized spacial score (nSPS) is 12.1. The zero-order valence-electron chi connectivity index (χ0n) is 10.8. The number of ether oxygens (including phenoxy) is 3. The average molecular weight is 254 g/mol. The highest BCUT2D eigenvalue weighted by molar-refractivity contribution is 5.95. The van der Waals surface area contributed by atoms with Crippen LogP contribution in [0.1, 0.15) is 13.8 Å². The van der Waals surface area contributed by atoms with Crippen molar-refractivity contribution in [1.82, 2.24) is 0 Å². The summed E-state index contributed by atoms with van der Waals surface area (Å²) in [6.07, 6.45) is 8.19. The Kier molecular flexibility index (Phi) is 9.21. The van der Waals surface area contributed by atoms with Gasteiger partial charge in [-0.3, -0.25) is 0 Å². The number of carbonyl (C=O) groups is 2. The van der Waals surface area contributed by atoms with Crippen LogP contribution in [0, 0.1) is 0 Å². The number of methoxy groups -OCH3 is 1. The molecule has 5 nitrogen and oxygen atoms in total. The Morgan fingerprint density at radius 1 is 1.17 bits per heavy atom. The molecule has 0 N–H and O–H groups in total. The van der Waals surface area contributed by atoms with Gasteiger partial charge in [-0.2, -0.15) is 0 Å². The minimum Gasteiger partial charge on any atom is -0.458 e. The van der Waals surface area contributed by atoms with Gasteiger partial charge in [-0.15, -0.1) is 0 Å². The highest BCUT2D eigenvalue weighted by Gasteiger charge is 2.07. The summed E-state index contributed by atoms with van der Waals surface area (Å²) in [6.45, 7) is 3.37. The van der Waals surface area contributed by atoms with E-state index in [1.807, 2.05) is 19.1 Å². The molecule has 0 aliphatic heterocycles. The first-order valence-electron chi connectivity index (χ1n) is 5.40. The van der Waals surface area contributed by atoms with Gasteiger partial charge in [-0.05, 0) is 19.9 Å². The number of hydrogen-bond acceptors (Lipinski definition) is 5. The molecule has 0 bridgehead atoms. The number of hydrogen-bond donors (Lipinski definition) is 0. The van der Waals surface area contributed by atoms with Crippen LogP contribution in [0.15, 0.2) is 36.0 Å². The van der Waals surface area contributed by atoms with Gasteiger partial charge in [0.05, 0.1) is 0 Å². The van der Waals surface area contributed by atoms with Crippen LogP contribution < -0.4 is 0 Å². The van der Waals surface area contributed by atoms with Crippen molar-refractivity contribution in [3.63, 3.8) is 0 Å². The molecule has 18 heavy (non-hydrogen) atoms. The van der Waals surface area contributed by atoms with Crippen molar-refractivity contribution in [3.05, 3.63) is 36.0 Å². The molecule has 0 heterocycles. The fourth-order valence-corrected chi connectivity index (χ4v) is 0.877. The molecule has 0 saturated carbocycles. The number of rotatable bonds is 7. The molecule has 0 rings (SSSR count). The SMILES string of the molecule is C/C=C/C=C/COC(=O)/C(C)=C\C(=O)OCOC. The van der Waals surface area contributed by atoms with Gasteiger partial charge in [0.25, 0.3) is 0 Å². The van der Waals surface area contributed by atoms with Crippen molar-refractivity contribution in [1.29, 1.82) is 0 Å². The Bertz CT molecular complexity index is 352. The van der Waals surface area contributed by atoms with Gasteiger partial charge in [0.15, 0.2) is 6.79 Å². The van der Waals surface area contributed by atoms with E-state index in [0.717, 1.165) is 6.08 Å². The Morgan fingerprint density at radius 2 is 1.89 bits per heavy atom. The molecule has 0 aliphatic carbocycles. The molecular formula is C13H18O5. The molecule has 0 spiro atoms. The summed E-state index contributed by atoms with van der Waals surface area (Å²) in [7, 11) is 1.40. The Morgan fingerprint density at radius 3 is 2.50 bits per heavy atom. The Labute approximate surface area is 107 Å². The van der Waals surface area contributed by atoms with Crippen molar-refractivity contribution in [2.24, 2.45) is 0 Å². The minimum atomic E-state index is -0.643. The minimum absolute atomic E-state index is 0.149. The molecule has 0 unspecified atom stereocenters. The highest BCUT2D eigenvalue weighted by atomic mass is 16.7. The van der Waals surface area contributed by atoms with E-state index < -0.39 is 11.9 Å². The molecule has 100 valence electrons. The molecular weight excluding hydrogens is 236 g/mol. The summed E-state index contributed by atoms with van der Waals surface area (Å²) in [5.74, 6) is -1.20. The van der Waals surface area contributed by atoms with Gasteiger partial charge in [0.2, 0.25) is 0 Å². The summed E-state index contributed by atoms with van der Waals surface area (Å²) < 4.78 is 14.0. The van der Waals surface area contributed by atoms with E-state index in [4.69, 9.17) is 4.74 Å². The average Bonchev–Trinajstić information content (AvgIpc) is 2.35. The molecule has 0 fully saturated rings. The monoisotopic (exact) mass is 254 g/mol. The van der Waals surface area contributed by atoms with Crippen LogP contribution in [0.4, 0.5) is 0 Å². The smallest absolute Gasteiger partial charge is 0.334 e.